The molecule has 0 saturated carbocycles. The molecule has 4 heteroatoms. The van der Waals surface area contributed by atoms with Gasteiger partial charge in [0.05, 0.1) is 13.7 Å². The van der Waals surface area contributed by atoms with E-state index in [-0.39, 0.29) is 12.0 Å². The van der Waals surface area contributed by atoms with E-state index in [9.17, 15) is 4.79 Å². The van der Waals surface area contributed by atoms with E-state index >= 15 is 0 Å². The summed E-state index contributed by atoms with van der Waals surface area (Å²) in [6.07, 6.45) is 0.527. The third-order valence-electron chi connectivity index (χ3n) is 4.84. The molecule has 0 N–H and O–H groups in total. The molecule has 0 radical (unpaired) electrons. The molecule has 0 bridgehead atoms. The van der Waals surface area contributed by atoms with Crippen LogP contribution in [0.5, 0.6) is 17.2 Å². The van der Waals surface area contributed by atoms with Gasteiger partial charge >= 0.3 is 0 Å². The fraction of sp³-hybridized carbons (Fsp3) is 0.240. The first-order valence-electron chi connectivity index (χ1n) is 9.69. The van der Waals surface area contributed by atoms with Gasteiger partial charge in [-0.05, 0) is 36.8 Å². The maximum atomic E-state index is 11.3. The fourth-order valence-corrected chi connectivity index (χ4v) is 3.16. The number of carbonyl (C=O) groups excluding carboxylic acids is 1. The minimum Gasteiger partial charge on any atom is -0.496 e. The van der Waals surface area contributed by atoms with Crippen LogP contribution < -0.4 is 14.2 Å². The Bertz CT molecular complexity index is 937. The summed E-state index contributed by atoms with van der Waals surface area (Å²) in [5.74, 6) is 2.13. The second-order valence-corrected chi connectivity index (χ2v) is 6.95. The van der Waals surface area contributed by atoms with Gasteiger partial charge in [0.1, 0.15) is 18.1 Å². The summed E-state index contributed by atoms with van der Waals surface area (Å²) in [7, 11) is 1.64. The molecule has 0 spiro atoms. The number of benzene rings is 3. The van der Waals surface area contributed by atoms with Crippen molar-refractivity contribution in [3.05, 3.63) is 89.5 Å². The summed E-state index contributed by atoms with van der Waals surface area (Å²) < 4.78 is 17.7. The van der Waals surface area contributed by atoms with Crippen LogP contribution in [0.1, 0.15) is 47.4 Å². The van der Waals surface area contributed by atoms with Gasteiger partial charge in [-0.15, -0.1) is 0 Å². The van der Waals surface area contributed by atoms with Crippen molar-refractivity contribution in [2.45, 2.75) is 25.9 Å². The number of carbonyl (C=O) groups is 1. The Morgan fingerprint density at radius 1 is 0.862 bits per heavy atom. The standard InChI is InChI=1S/C25H26O4/c1-18(21-9-5-4-6-10-21)17-28-24-14-13-20(16-26)15-25(24)29-19(2)22-11-7-8-12-23(22)27-3/h4-16,18-19H,17H2,1-3H3/t18-,19?/m0/s1. The molecule has 0 aromatic heterocycles. The summed E-state index contributed by atoms with van der Waals surface area (Å²) in [6, 6.07) is 23.2. The number of aldehydes is 1. The van der Waals surface area contributed by atoms with Gasteiger partial charge < -0.3 is 14.2 Å². The molecular weight excluding hydrogens is 364 g/mol. The fourth-order valence-electron chi connectivity index (χ4n) is 3.16. The van der Waals surface area contributed by atoms with E-state index < -0.39 is 0 Å². The zero-order valence-corrected chi connectivity index (χ0v) is 17.0. The quantitative estimate of drug-likeness (QED) is 0.431. The van der Waals surface area contributed by atoms with Gasteiger partial charge in [0.15, 0.2) is 11.5 Å². The summed E-state index contributed by atoms with van der Waals surface area (Å²) in [4.78, 5) is 11.3. The van der Waals surface area contributed by atoms with E-state index in [0.29, 0.717) is 23.7 Å². The largest absolute Gasteiger partial charge is 0.496 e. The van der Waals surface area contributed by atoms with Gasteiger partial charge in [-0.3, -0.25) is 4.79 Å². The number of ether oxygens (including phenoxy) is 3. The highest BCUT2D eigenvalue weighted by Crippen LogP contribution is 2.35. The molecule has 2 atom stereocenters. The van der Waals surface area contributed by atoms with Crippen molar-refractivity contribution in [3.63, 3.8) is 0 Å². The van der Waals surface area contributed by atoms with Crippen LogP contribution in [0, 0.1) is 0 Å². The van der Waals surface area contributed by atoms with Crippen LogP contribution in [0.15, 0.2) is 72.8 Å². The average molecular weight is 390 g/mol. The Hall–Kier alpha value is -3.27. The van der Waals surface area contributed by atoms with E-state index in [0.717, 1.165) is 17.6 Å². The van der Waals surface area contributed by atoms with Gasteiger partial charge in [-0.25, -0.2) is 0 Å². The van der Waals surface area contributed by atoms with Crippen LogP contribution in [-0.4, -0.2) is 20.0 Å². The van der Waals surface area contributed by atoms with E-state index in [4.69, 9.17) is 14.2 Å². The van der Waals surface area contributed by atoms with Crippen molar-refractivity contribution in [1.29, 1.82) is 0 Å². The normalized spacial score (nSPS) is 12.7. The van der Waals surface area contributed by atoms with E-state index in [1.165, 1.54) is 5.56 Å². The Kier molecular flexibility index (Phi) is 6.90. The Morgan fingerprint density at radius 2 is 1.59 bits per heavy atom. The number of rotatable bonds is 9. The van der Waals surface area contributed by atoms with Crippen LogP contribution in [0.25, 0.3) is 0 Å². The molecule has 0 aliphatic rings. The van der Waals surface area contributed by atoms with Gasteiger partial charge in [0.2, 0.25) is 0 Å². The molecule has 3 aromatic rings. The monoisotopic (exact) mass is 390 g/mol. The first-order valence-corrected chi connectivity index (χ1v) is 9.69. The molecule has 150 valence electrons. The zero-order chi connectivity index (χ0) is 20.6. The topological polar surface area (TPSA) is 44.8 Å². The highest BCUT2D eigenvalue weighted by Gasteiger charge is 2.16. The number of methoxy groups -OCH3 is 1. The lowest BCUT2D eigenvalue weighted by Gasteiger charge is -2.21. The Labute approximate surface area is 172 Å². The molecule has 0 fully saturated rings. The lowest BCUT2D eigenvalue weighted by Crippen LogP contribution is -2.10. The molecule has 0 aliphatic heterocycles. The zero-order valence-electron chi connectivity index (χ0n) is 17.0. The number of hydrogen-bond donors (Lipinski definition) is 0. The third-order valence-corrected chi connectivity index (χ3v) is 4.84. The third kappa shape index (κ3) is 5.17. The Morgan fingerprint density at radius 3 is 2.31 bits per heavy atom. The van der Waals surface area contributed by atoms with E-state index in [1.54, 1.807) is 25.3 Å². The average Bonchev–Trinajstić information content (AvgIpc) is 2.78. The smallest absolute Gasteiger partial charge is 0.162 e. The molecule has 4 nitrogen and oxygen atoms in total. The molecular formula is C25H26O4. The van der Waals surface area contributed by atoms with Crippen molar-refractivity contribution in [2.75, 3.05) is 13.7 Å². The van der Waals surface area contributed by atoms with Crippen LogP contribution in [-0.2, 0) is 0 Å². The number of para-hydroxylation sites is 1. The second-order valence-electron chi connectivity index (χ2n) is 6.95. The first-order chi connectivity index (χ1) is 14.1. The summed E-state index contributed by atoms with van der Waals surface area (Å²) in [6.45, 7) is 4.57. The lowest BCUT2D eigenvalue weighted by molar-refractivity contribution is 0.112. The maximum absolute atomic E-state index is 11.3. The second kappa shape index (κ2) is 9.78. The van der Waals surface area contributed by atoms with E-state index in [2.05, 4.69) is 19.1 Å². The van der Waals surface area contributed by atoms with Crippen LogP contribution in [0.3, 0.4) is 0 Å². The van der Waals surface area contributed by atoms with Crippen LogP contribution in [0.2, 0.25) is 0 Å². The minimum atomic E-state index is -0.276. The van der Waals surface area contributed by atoms with Crippen molar-refractivity contribution >= 4 is 6.29 Å². The molecule has 0 saturated heterocycles. The predicted octanol–water partition coefficient (Wildman–Crippen LogP) is 5.83. The van der Waals surface area contributed by atoms with Gasteiger partial charge in [-0.2, -0.15) is 0 Å². The highest BCUT2D eigenvalue weighted by molar-refractivity contribution is 5.76. The molecule has 3 aromatic carbocycles. The SMILES string of the molecule is COc1ccccc1C(C)Oc1cc(C=O)ccc1OC[C@H](C)c1ccccc1. The highest BCUT2D eigenvalue weighted by atomic mass is 16.5. The van der Waals surface area contributed by atoms with Crippen molar-refractivity contribution < 1.29 is 19.0 Å². The molecule has 1 unspecified atom stereocenters. The molecule has 0 aliphatic carbocycles. The van der Waals surface area contributed by atoms with Gasteiger partial charge in [-0.1, -0.05) is 55.5 Å². The lowest BCUT2D eigenvalue weighted by atomic mass is 10.0. The van der Waals surface area contributed by atoms with E-state index in [1.807, 2.05) is 49.4 Å². The maximum Gasteiger partial charge on any atom is 0.162 e. The number of hydrogen-bond acceptors (Lipinski definition) is 4. The molecule has 29 heavy (non-hydrogen) atoms. The predicted molar refractivity (Wildman–Crippen MR) is 114 cm³/mol. The van der Waals surface area contributed by atoms with Crippen molar-refractivity contribution in [3.8, 4) is 17.2 Å². The summed E-state index contributed by atoms with van der Waals surface area (Å²) >= 11 is 0. The Balaban J connectivity index is 1.79. The van der Waals surface area contributed by atoms with Gasteiger partial charge in [0.25, 0.3) is 0 Å². The summed E-state index contributed by atoms with van der Waals surface area (Å²) in [5.41, 5.74) is 2.67. The minimum absolute atomic E-state index is 0.224. The first kappa shape index (κ1) is 20.5. The molecule has 3 rings (SSSR count). The molecule has 0 heterocycles. The van der Waals surface area contributed by atoms with Crippen molar-refractivity contribution in [1.82, 2.24) is 0 Å². The van der Waals surface area contributed by atoms with Crippen LogP contribution >= 0.6 is 0 Å². The van der Waals surface area contributed by atoms with Crippen LogP contribution in [0.4, 0.5) is 0 Å². The van der Waals surface area contributed by atoms with Gasteiger partial charge in [0, 0.05) is 17.0 Å². The van der Waals surface area contributed by atoms with Crippen molar-refractivity contribution in [2.24, 2.45) is 0 Å². The summed E-state index contributed by atoms with van der Waals surface area (Å²) in [5, 5.41) is 0. The molecule has 0 amide bonds.